The number of unbranched alkanes of at least 4 members (excludes halogenated alkanes) is 1. The Bertz CT molecular complexity index is 2740. The molecule has 7 aromatic rings. The smallest absolute Gasteiger partial charge is 0.497 e. The molecule has 0 radical (unpaired) electrons. The van der Waals surface area contributed by atoms with Crippen LogP contribution in [-0.4, -0.2) is 43.5 Å². The number of esters is 1. The maximum Gasteiger partial charge on any atom is 0.514 e. The van der Waals surface area contributed by atoms with E-state index in [0.29, 0.717) is 36.9 Å². The van der Waals surface area contributed by atoms with Crippen molar-refractivity contribution in [1.82, 2.24) is 10.6 Å². The molecule has 2 N–H and O–H groups in total. The second kappa shape index (κ2) is 26.0. The van der Waals surface area contributed by atoms with E-state index in [1.165, 1.54) is 24.3 Å². The lowest BCUT2D eigenvalue weighted by molar-refractivity contribution is -0.148. The molecule has 7 aromatic carbocycles. The van der Waals surface area contributed by atoms with E-state index in [-0.39, 0.29) is 49.7 Å². The van der Waals surface area contributed by atoms with Crippen molar-refractivity contribution >= 4 is 29.5 Å². The van der Waals surface area contributed by atoms with Gasteiger partial charge in [0, 0.05) is 6.42 Å². The summed E-state index contributed by atoms with van der Waals surface area (Å²) in [6.45, 7) is 0.557. The highest BCUT2D eigenvalue weighted by Crippen LogP contribution is 2.37. The summed E-state index contributed by atoms with van der Waals surface area (Å²) in [5.41, 5.74) is 5.68. The number of benzene rings is 7. The number of ether oxygens (including phenoxy) is 4. The van der Waals surface area contributed by atoms with Gasteiger partial charge in [0.1, 0.15) is 30.4 Å². The molecule has 7 rings (SSSR count). The Hall–Kier alpha value is -8.22. The highest BCUT2D eigenvalue weighted by Gasteiger charge is 2.36. The summed E-state index contributed by atoms with van der Waals surface area (Å²) < 4.78 is 21.6. The Morgan fingerprint density at radius 3 is 1.68 bits per heavy atom. The zero-order valence-corrected chi connectivity index (χ0v) is 39.6. The van der Waals surface area contributed by atoms with E-state index in [2.05, 4.69) is 52.2 Å². The molecule has 0 aliphatic carbocycles. The quantitative estimate of drug-likeness (QED) is 0.0186. The first-order valence-corrected chi connectivity index (χ1v) is 23.7. The van der Waals surface area contributed by atoms with E-state index in [9.17, 15) is 24.1 Å². The molecule has 362 valence electrons. The topological polar surface area (TPSA) is 159 Å². The fourth-order valence-electron chi connectivity index (χ4n) is 8.45. The third-order valence-corrected chi connectivity index (χ3v) is 12.2. The molecule has 0 saturated carbocycles. The Morgan fingerprint density at radius 2 is 1.08 bits per heavy atom. The van der Waals surface area contributed by atoms with E-state index in [1.54, 1.807) is 31.4 Å². The molecule has 0 aliphatic rings. The number of nitroso groups, excluding NO2 is 1. The summed E-state index contributed by atoms with van der Waals surface area (Å²) >= 11 is 0. The highest BCUT2D eigenvalue weighted by molar-refractivity contribution is 5.92. The molecule has 0 aliphatic heterocycles. The van der Waals surface area contributed by atoms with Gasteiger partial charge in [0.15, 0.2) is 5.78 Å². The van der Waals surface area contributed by atoms with Gasteiger partial charge in [0.25, 0.3) is 0 Å². The van der Waals surface area contributed by atoms with Gasteiger partial charge in [0.2, 0.25) is 5.91 Å². The van der Waals surface area contributed by atoms with Crippen molar-refractivity contribution in [2.75, 3.05) is 13.7 Å². The van der Waals surface area contributed by atoms with Crippen molar-refractivity contribution in [1.29, 1.82) is 0 Å². The Morgan fingerprint density at radius 1 is 0.563 bits per heavy atom. The van der Waals surface area contributed by atoms with Crippen molar-refractivity contribution in [2.45, 2.75) is 63.3 Å². The summed E-state index contributed by atoms with van der Waals surface area (Å²) in [7, 11) is 1.65. The molecule has 0 unspecified atom stereocenters. The number of nitrogens with one attached hydrogen (secondary N) is 2. The maximum atomic E-state index is 14.4. The number of rotatable bonds is 25. The minimum Gasteiger partial charge on any atom is -0.497 e. The van der Waals surface area contributed by atoms with Crippen LogP contribution in [0.25, 0.3) is 0 Å². The lowest BCUT2D eigenvalue weighted by Gasteiger charge is -2.37. The zero-order chi connectivity index (χ0) is 49.7. The van der Waals surface area contributed by atoms with Crippen LogP contribution in [0.4, 0.5) is 10.5 Å². The van der Waals surface area contributed by atoms with Gasteiger partial charge in [-0.2, -0.15) is 0 Å². The van der Waals surface area contributed by atoms with Crippen LogP contribution in [0.5, 0.6) is 11.5 Å². The van der Waals surface area contributed by atoms with Gasteiger partial charge in [-0.3, -0.25) is 19.7 Å². The summed E-state index contributed by atoms with van der Waals surface area (Å²) in [5.74, 6) is -0.981. The van der Waals surface area contributed by atoms with Crippen LogP contribution in [-0.2, 0) is 55.5 Å². The first-order chi connectivity index (χ1) is 34.7. The van der Waals surface area contributed by atoms with Crippen molar-refractivity contribution < 1.29 is 38.1 Å². The third kappa shape index (κ3) is 14.6. The third-order valence-electron chi connectivity index (χ3n) is 12.2. The minimum absolute atomic E-state index is 0.0169. The van der Waals surface area contributed by atoms with Crippen LogP contribution >= 0.6 is 0 Å². The fourth-order valence-corrected chi connectivity index (χ4v) is 8.45. The van der Waals surface area contributed by atoms with Crippen molar-refractivity contribution in [2.24, 2.45) is 11.1 Å². The van der Waals surface area contributed by atoms with E-state index < -0.39 is 35.5 Å². The standard InChI is InChI=1S/C59H57N3O9/c1-68-52-33-29-50(30-34-52)59(48-20-10-4-11-21-48,49-22-12-5-13-23-49)60-37-15-14-24-54(55(63)39-44-25-27-46(28-26-44)42-70-58(66)71-53-35-31-51(62-67)32-36-53)61-57(65)47(38-43-16-6-2-7-17-43)40-56(64)69-41-45-18-8-3-9-19-45/h2-13,16-23,25-36,47,54,60H,14-15,24,37-42H2,1H3,(H,61,65)/t47-,54+/m1/s1. The van der Waals surface area contributed by atoms with E-state index in [4.69, 9.17) is 18.9 Å². The number of amides is 1. The lowest BCUT2D eigenvalue weighted by atomic mass is 9.77. The Balaban J connectivity index is 1.06. The van der Waals surface area contributed by atoms with Gasteiger partial charge in [-0.25, -0.2) is 4.79 Å². The molecular weight excluding hydrogens is 895 g/mol. The number of methoxy groups -OCH3 is 1. The monoisotopic (exact) mass is 951 g/mol. The number of carbonyl (C=O) groups is 4. The van der Waals surface area contributed by atoms with Crippen molar-refractivity contribution in [3.05, 3.63) is 238 Å². The van der Waals surface area contributed by atoms with Crippen LogP contribution in [0.15, 0.2) is 199 Å². The van der Waals surface area contributed by atoms with Gasteiger partial charge in [-0.15, -0.1) is 4.91 Å². The normalized spacial score (nSPS) is 11.9. The molecule has 12 nitrogen and oxygen atoms in total. The van der Waals surface area contributed by atoms with Gasteiger partial charge in [-0.05, 0) is 113 Å². The number of ketones is 1. The van der Waals surface area contributed by atoms with E-state index in [0.717, 1.165) is 33.6 Å². The average molecular weight is 952 g/mol. The predicted octanol–water partition coefficient (Wildman–Crippen LogP) is 11.1. The first kappa shape index (κ1) is 50.7. The predicted molar refractivity (Wildman–Crippen MR) is 272 cm³/mol. The maximum absolute atomic E-state index is 14.4. The van der Waals surface area contributed by atoms with Gasteiger partial charge in [0.05, 0.1) is 31.0 Å². The summed E-state index contributed by atoms with van der Waals surface area (Å²) in [6, 6.07) is 59.4. The second-order valence-electron chi connectivity index (χ2n) is 17.1. The number of nitrogens with zero attached hydrogens (tertiary/aromatic N) is 1. The average Bonchev–Trinajstić information content (AvgIpc) is 3.42. The molecule has 71 heavy (non-hydrogen) atoms. The molecule has 0 fully saturated rings. The van der Waals surface area contributed by atoms with E-state index in [1.807, 2.05) is 109 Å². The van der Waals surface area contributed by atoms with Crippen LogP contribution in [0.2, 0.25) is 0 Å². The summed E-state index contributed by atoms with van der Waals surface area (Å²) in [4.78, 5) is 65.2. The van der Waals surface area contributed by atoms with Gasteiger partial charge >= 0.3 is 12.1 Å². The molecular formula is C59H57N3O9. The van der Waals surface area contributed by atoms with Gasteiger partial charge < -0.3 is 24.3 Å². The number of Topliss-reactive ketones (excluding diaryl/α,β-unsaturated/α-hetero) is 1. The lowest BCUT2D eigenvalue weighted by Crippen LogP contribution is -2.46. The molecule has 2 atom stereocenters. The number of hydrogen-bond acceptors (Lipinski definition) is 11. The SMILES string of the molecule is COc1ccc(C(NCCCC[C@H](NC(=O)[C@@H](CC(=O)OCc2ccccc2)Cc2ccccc2)C(=O)Cc2ccc(COC(=O)Oc3ccc(N=O)cc3)cc2)(c2ccccc2)c2ccccc2)cc1. The van der Waals surface area contributed by atoms with Crippen molar-refractivity contribution in [3.63, 3.8) is 0 Å². The van der Waals surface area contributed by atoms with Crippen LogP contribution in [0, 0.1) is 10.8 Å². The Kier molecular flexibility index (Phi) is 18.5. The van der Waals surface area contributed by atoms with Crippen LogP contribution < -0.4 is 20.1 Å². The molecule has 0 aromatic heterocycles. The number of hydrogen-bond donors (Lipinski definition) is 2. The number of carbonyl (C=O) groups excluding carboxylic acids is 4. The van der Waals surface area contributed by atoms with Gasteiger partial charge in [-0.1, -0.05) is 158 Å². The molecule has 0 bridgehead atoms. The highest BCUT2D eigenvalue weighted by atomic mass is 16.7. The molecule has 12 heteroatoms. The minimum atomic E-state index is -0.925. The second-order valence-corrected chi connectivity index (χ2v) is 17.1. The summed E-state index contributed by atoms with van der Waals surface area (Å²) in [6.07, 6.45) is 0.775. The molecule has 0 spiro atoms. The largest absolute Gasteiger partial charge is 0.514 e. The zero-order valence-electron chi connectivity index (χ0n) is 39.6. The molecule has 0 heterocycles. The van der Waals surface area contributed by atoms with E-state index >= 15 is 0 Å². The summed E-state index contributed by atoms with van der Waals surface area (Å²) in [5, 5.41) is 9.83. The van der Waals surface area contributed by atoms with Crippen molar-refractivity contribution in [3.8, 4) is 11.5 Å². The van der Waals surface area contributed by atoms with Crippen LogP contribution in [0.1, 0.15) is 64.6 Å². The molecule has 0 saturated heterocycles. The van der Waals surface area contributed by atoms with Crippen LogP contribution in [0.3, 0.4) is 0 Å². The Labute approximate surface area is 414 Å². The molecule has 1 amide bonds. The first-order valence-electron chi connectivity index (χ1n) is 23.7. The fraction of sp³-hybridized carbons (Fsp3) is 0.220.